The summed E-state index contributed by atoms with van der Waals surface area (Å²) in [6.07, 6.45) is 1.41. The Morgan fingerprint density at radius 3 is 2.41 bits per heavy atom. The van der Waals surface area contributed by atoms with Crippen molar-refractivity contribution in [3.63, 3.8) is 0 Å². The van der Waals surface area contributed by atoms with Gasteiger partial charge in [0, 0.05) is 23.1 Å². The highest BCUT2D eigenvalue weighted by Gasteiger charge is 2.15. The first-order valence-corrected chi connectivity index (χ1v) is 9.72. The zero-order chi connectivity index (χ0) is 21.1. The number of methoxy groups -OCH3 is 3. The van der Waals surface area contributed by atoms with E-state index in [1.807, 2.05) is 13.8 Å². The molecule has 2 aromatic heterocycles. The Balaban J connectivity index is 1.77. The van der Waals surface area contributed by atoms with Gasteiger partial charge in [-0.15, -0.1) is 11.3 Å². The molecule has 154 valence electrons. The quantitative estimate of drug-likeness (QED) is 0.635. The Labute approximate surface area is 172 Å². The van der Waals surface area contributed by atoms with Gasteiger partial charge in [-0.3, -0.25) is 14.2 Å². The van der Waals surface area contributed by atoms with Gasteiger partial charge in [-0.1, -0.05) is 0 Å². The first-order valence-electron chi connectivity index (χ1n) is 8.90. The SMILES string of the molecule is COc1cc(OC)c(OC)cc1CNC(=O)Cn1cnc2sc(C)c(C)c2c1=O. The molecule has 1 aromatic carbocycles. The zero-order valence-electron chi connectivity index (χ0n) is 17.0. The van der Waals surface area contributed by atoms with Crippen LogP contribution in [0, 0.1) is 13.8 Å². The molecule has 0 saturated carbocycles. The highest BCUT2D eigenvalue weighted by Crippen LogP contribution is 2.34. The van der Waals surface area contributed by atoms with E-state index in [1.54, 1.807) is 12.1 Å². The average Bonchev–Trinajstić information content (AvgIpc) is 3.02. The van der Waals surface area contributed by atoms with Crippen molar-refractivity contribution in [3.8, 4) is 17.2 Å². The fraction of sp³-hybridized carbons (Fsp3) is 0.350. The number of ether oxygens (including phenoxy) is 3. The van der Waals surface area contributed by atoms with Crippen molar-refractivity contribution in [2.45, 2.75) is 26.9 Å². The standard InChI is InChI=1S/C20H23N3O5S/c1-11-12(2)29-19-18(11)20(25)23(10-22-19)9-17(24)21-8-13-6-15(27-4)16(28-5)7-14(13)26-3/h6-7,10H,8-9H2,1-5H3,(H,21,24). The van der Waals surface area contributed by atoms with Gasteiger partial charge in [0.1, 0.15) is 17.1 Å². The number of thiophene rings is 1. The van der Waals surface area contributed by atoms with E-state index in [0.29, 0.717) is 27.5 Å². The van der Waals surface area contributed by atoms with Gasteiger partial charge >= 0.3 is 0 Å². The van der Waals surface area contributed by atoms with E-state index in [4.69, 9.17) is 14.2 Å². The maximum absolute atomic E-state index is 12.7. The van der Waals surface area contributed by atoms with Gasteiger partial charge < -0.3 is 19.5 Å². The average molecular weight is 417 g/mol. The number of nitrogens with zero attached hydrogens (tertiary/aromatic N) is 2. The van der Waals surface area contributed by atoms with E-state index < -0.39 is 0 Å². The number of hydrogen-bond acceptors (Lipinski definition) is 7. The van der Waals surface area contributed by atoms with Crippen LogP contribution in [0.3, 0.4) is 0 Å². The topological polar surface area (TPSA) is 91.7 Å². The lowest BCUT2D eigenvalue weighted by Gasteiger charge is -2.14. The summed E-state index contributed by atoms with van der Waals surface area (Å²) < 4.78 is 17.3. The van der Waals surface area contributed by atoms with Gasteiger partial charge in [0.2, 0.25) is 5.91 Å². The third-order valence-corrected chi connectivity index (χ3v) is 5.85. The summed E-state index contributed by atoms with van der Waals surface area (Å²) in [5, 5.41) is 3.38. The third kappa shape index (κ3) is 4.04. The second-order valence-corrected chi connectivity index (χ2v) is 7.64. The zero-order valence-corrected chi connectivity index (χ0v) is 17.8. The maximum Gasteiger partial charge on any atom is 0.262 e. The highest BCUT2D eigenvalue weighted by molar-refractivity contribution is 7.18. The summed E-state index contributed by atoms with van der Waals surface area (Å²) in [5.74, 6) is 1.32. The summed E-state index contributed by atoms with van der Waals surface area (Å²) in [6.45, 7) is 3.94. The number of fused-ring (bicyclic) bond motifs is 1. The van der Waals surface area contributed by atoms with Crippen LogP contribution < -0.4 is 25.1 Å². The molecule has 0 bridgehead atoms. The normalized spacial score (nSPS) is 10.8. The molecule has 0 atom stereocenters. The van der Waals surface area contributed by atoms with Gasteiger partial charge in [-0.25, -0.2) is 4.98 Å². The van der Waals surface area contributed by atoms with Crippen molar-refractivity contribution < 1.29 is 19.0 Å². The van der Waals surface area contributed by atoms with Crippen LogP contribution in [0.4, 0.5) is 0 Å². The lowest BCUT2D eigenvalue weighted by atomic mass is 10.1. The van der Waals surface area contributed by atoms with E-state index in [0.717, 1.165) is 16.0 Å². The van der Waals surface area contributed by atoms with Crippen LogP contribution in [-0.4, -0.2) is 36.8 Å². The number of carbonyl (C=O) groups excluding carboxylic acids is 1. The van der Waals surface area contributed by atoms with Gasteiger partial charge in [-0.2, -0.15) is 0 Å². The van der Waals surface area contributed by atoms with Crippen molar-refractivity contribution >= 4 is 27.5 Å². The number of aryl methyl sites for hydroxylation is 2. The molecule has 0 spiro atoms. The minimum atomic E-state index is -0.310. The molecule has 0 fully saturated rings. The Morgan fingerprint density at radius 2 is 1.76 bits per heavy atom. The van der Waals surface area contributed by atoms with Gasteiger partial charge in [0.15, 0.2) is 11.5 Å². The minimum absolute atomic E-state index is 0.119. The highest BCUT2D eigenvalue weighted by atomic mass is 32.1. The second kappa shape index (κ2) is 8.52. The maximum atomic E-state index is 12.7. The van der Waals surface area contributed by atoms with Crippen LogP contribution >= 0.6 is 11.3 Å². The Bertz CT molecular complexity index is 1120. The molecule has 0 aliphatic rings. The van der Waals surface area contributed by atoms with Crippen LogP contribution in [0.5, 0.6) is 17.2 Å². The van der Waals surface area contributed by atoms with Crippen molar-refractivity contribution in [3.05, 3.63) is 44.8 Å². The van der Waals surface area contributed by atoms with E-state index in [9.17, 15) is 9.59 Å². The fourth-order valence-electron chi connectivity index (χ4n) is 3.02. The van der Waals surface area contributed by atoms with Gasteiger partial charge in [-0.05, 0) is 25.5 Å². The molecule has 3 aromatic rings. The second-order valence-electron chi connectivity index (χ2n) is 6.44. The molecule has 3 rings (SSSR count). The fourth-order valence-corrected chi connectivity index (χ4v) is 4.01. The molecule has 2 heterocycles. The van der Waals surface area contributed by atoms with Gasteiger partial charge in [0.25, 0.3) is 5.56 Å². The number of benzene rings is 1. The predicted molar refractivity (Wildman–Crippen MR) is 111 cm³/mol. The van der Waals surface area contributed by atoms with Crippen LogP contribution in [0.2, 0.25) is 0 Å². The molecule has 0 aliphatic carbocycles. The molecule has 0 saturated heterocycles. The van der Waals surface area contributed by atoms with Crippen molar-refractivity contribution in [1.82, 2.24) is 14.9 Å². The van der Waals surface area contributed by atoms with Gasteiger partial charge in [0.05, 0.1) is 33.0 Å². The summed E-state index contributed by atoms with van der Waals surface area (Å²) in [6, 6.07) is 3.44. The molecule has 0 unspecified atom stereocenters. The molecular formula is C20H23N3O5S. The molecule has 1 amide bonds. The summed E-state index contributed by atoms with van der Waals surface area (Å²) >= 11 is 1.48. The lowest BCUT2D eigenvalue weighted by molar-refractivity contribution is -0.121. The Kier molecular flexibility index (Phi) is 6.07. The summed E-state index contributed by atoms with van der Waals surface area (Å²) in [5.41, 5.74) is 1.42. The largest absolute Gasteiger partial charge is 0.496 e. The van der Waals surface area contributed by atoms with Crippen molar-refractivity contribution in [1.29, 1.82) is 0 Å². The molecule has 29 heavy (non-hydrogen) atoms. The van der Waals surface area contributed by atoms with E-state index in [1.165, 1.54) is 43.6 Å². The van der Waals surface area contributed by atoms with E-state index >= 15 is 0 Å². The lowest BCUT2D eigenvalue weighted by Crippen LogP contribution is -2.32. The number of nitrogens with one attached hydrogen (secondary N) is 1. The molecule has 8 nitrogen and oxygen atoms in total. The van der Waals surface area contributed by atoms with Crippen LogP contribution in [0.15, 0.2) is 23.3 Å². The summed E-state index contributed by atoms with van der Waals surface area (Å²) in [4.78, 5) is 31.2. The minimum Gasteiger partial charge on any atom is -0.496 e. The van der Waals surface area contributed by atoms with E-state index in [-0.39, 0.29) is 24.6 Å². The molecular weight excluding hydrogens is 394 g/mol. The predicted octanol–water partition coefficient (Wildman–Crippen LogP) is 2.42. The van der Waals surface area contributed by atoms with Crippen molar-refractivity contribution in [2.24, 2.45) is 0 Å². The first kappa shape index (κ1) is 20.7. The molecule has 0 aliphatic heterocycles. The number of amides is 1. The first-order chi connectivity index (χ1) is 13.9. The van der Waals surface area contributed by atoms with Crippen LogP contribution in [0.25, 0.3) is 10.2 Å². The smallest absolute Gasteiger partial charge is 0.262 e. The van der Waals surface area contributed by atoms with Crippen molar-refractivity contribution in [2.75, 3.05) is 21.3 Å². The Morgan fingerprint density at radius 1 is 1.10 bits per heavy atom. The Hall–Kier alpha value is -3.07. The monoisotopic (exact) mass is 417 g/mol. The van der Waals surface area contributed by atoms with Crippen LogP contribution in [0.1, 0.15) is 16.0 Å². The molecule has 0 radical (unpaired) electrons. The van der Waals surface area contributed by atoms with E-state index in [2.05, 4.69) is 10.3 Å². The summed E-state index contributed by atoms with van der Waals surface area (Å²) in [7, 11) is 4.62. The number of carbonyl (C=O) groups is 1. The molecule has 9 heteroatoms. The molecule has 1 N–H and O–H groups in total. The number of rotatable bonds is 7. The third-order valence-electron chi connectivity index (χ3n) is 4.73. The number of hydrogen-bond donors (Lipinski definition) is 1. The number of aromatic nitrogens is 2. The van der Waals surface area contributed by atoms with Crippen LogP contribution in [-0.2, 0) is 17.9 Å².